The number of rotatable bonds is 5. The lowest BCUT2D eigenvalue weighted by Crippen LogP contribution is -2.39. The first-order chi connectivity index (χ1) is 17.7. The van der Waals surface area contributed by atoms with Gasteiger partial charge in [0.2, 0.25) is 5.76 Å². The molecule has 1 saturated heterocycles. The number of amides is 2. The van der Waals surface area contributed by atoms with Gasteiger partial charge in [-0.25, -0.2) is 0 Å². The summed E-state index contributed by atoms with van der Waals surface area (Å²) in [5.74, 6) is -0.263. The molecule has 0 bridgehead atoms. The Bertz CT molecular complexity index is 1400. The van der Waals surface area contributed by atoms with Gasteiger partial charge in [0.15, 0.2) is 0 Å². The number of hydrogen-bond donors (Lipinski definition) is 2. The van der Waals surface area contributed by atoms with Crippen LogP contribution in [0.2, 0.25) is 5.02 Å². The van der Waals surface area contributed by atoms with Crippen LogP contribution in [0.4, 0.5) is 5.69 Å². The van der Waals surface area contributed by atoms with Crippen LogP contribution in [0.3, 0.4) is 0 Å². The molecule has 0 atom stereocenters. The zero-order chi connectivity index (χ0) is 26.2. The number of anilines is 1. The van der Waals surface area contributed by atoms with Crippen molar-refractivity contribution in [3.63, 3.8) is 0 Å². The second-order valence-electron chi connectivity index (χ2n) is 10.3. The molecule has 0 saturated carbocycles. The molecule has 1 aliphatic heterocycles. The molecule has 4 heterocycles. The second-order valence-corrected chi connectivity index (χ2v) is 10.8. The van der Waals surface area contributed by atoms with E-state index in [2.05, 4.69) is 41.3 Å². The number of hydrogen-bond acceptors (Lipinski definition) is 5. The number of piperidine rings is 1. The van der Waals surface area contributed by atoms with Crippen molar-refractivity contribution in [2.24, 2.45) is 0 Å². The minimum atomic E-state index is -0.409. The van der Waals surface area contributed by atoms with Crippen molar-refractivity contribution in [2.75, 3.05) is 18.4 Å². The highest BCUT2D eigenvalue weighted by molar-refractivity contribution is 6.30. The standard InChI is InChI=1S/C27H29ClN6O3/c1-27(2,3)24-12-18(14-29-24)26(36)33-10-8-21(9-11-33)34-16-20(15-30-34)31-25(35)23-13-22(32-37-23)17-4-6-19(28)7-5-17/h4-7,12-16,21,29H,8-11H2,1-3H3,(H,31,35). The highest BCUT2D eigenvalue weighted by atomic mass is 35.5. The molecule has 4 aromatic rings. The first kappa shape index (κ1) is 24.8. The van der Waals surface area contributed by atoms with E-state index in [1.807, 2.05) is 27.8 Å². The molecular weight excluding hydrogens is 492 g/mol. The summed E-state index contributed by atoms with van der Waals surface area (Å²) in [5, 5.41) is 11.9. The average molecular weight is 521 g/mol. The molecule has 2 N–H and O–H groups in total. The summed E-state index contributed by atoms with van der Waals surface area (Å²) in [6.45, 7) is 7.63. The lowest BCUT2D eigenvalue weighted by molar-refractivity contribution is 0.0690. The Morgan fingerprint density at radius 2 is 1.86 bits per heavy atom. The number of nitrogens with zero attached hydrogens (tertiary/aromatic N) is 4. The Hall–Kier alpha value is -3.85. The minimum absolute atomic E-state index is 0.0365. The third-order valence-corrected chi connectivity index (χ3v) is 6.85. The average Bonchev–Trinajstić information content (AvgIpc) is 3.65. The molecule has 5 rings (SSSR count). The molecule has 2 amide bonds. The van der Waals surface area contributed by atoms with Crippen LogP contribution in [0.5, 0.6) is 0 Å². The van der Waals surface area contributed by atoms with Gasteiger partial charge in [-0.15, -0.1) is 0 Å². The van der Waals surface area contributed by atoms with Gasteiger partial charge in [0.1, 0.15) is 5.69 Å². The largest absolute Gasteiger partial charge is 0.364 e. The van der Waals surface area contributed by atoms with Gasteiger partial charge < -0.3 is 19.7 Å². The minimum Gasteiger partial charge on any atom is -0.364 e. The molecule has 192 valence electrons. The highest BCUT2D eigenvalue weighted by Crippen LogP contribution is 2.27. The zero-order valence-electron chi connectivity index (χ0n) is 21.0. The number of carbonyl (C=O) groups is 2. The monoisotopic (exact) mass is 520 g/mol. The second kappa shape index (κ2) is 9.89. The predicted molar refractivity (Wildman–Crippen MR) is 141 cm³/mol. The Balaban J connectivity index is 1.16. The Morgan fingerprint density at radius 3 is 2.54 bits per heavy atom. The molecule has 1 aliphatic rings. The van der Waals surface area contributed by atoms with E-state index in [1.165, 1.54) is 0 Å². The lowest BCUT2D eigenvalue weighted by Gasteiger charge is -2.32. The zero-order valence-corrected chi connectivity index (χ0v) is 21.7. The third kappa shape index (κ3) is 5.46. The van der Waals surface area contributed by atoms with Crippen molar-refractivity contribution in [3.8, 4) is 11.3 Å². The first-order valence-electron chi connectivity index (χ1n) is 12.2. The van der Waals surface area contributed by atoms with Crippen LogP contribution in [0.1, 0.15) is 66.3 Å². The molecule has 0 radical (unpaired) electrons. The number of aromatic nitrogens is 4. The Labute approximate surface area is 219 Å². The molecule has 0 spiro atoms. The summed E-state index contributed by atoms with van der Waals surface area (Å²) in [4.78, 5) is 30.8. The van der Waals surface area contributed by atoms with E-state index < -0.39 is 5.91 Å². The van der Waals surface area contributed by atoms with E-state index in [1.54, 1.807) is 36.8 Å². The molecule has 1 fully saturated rings. The highest BCUT2D eigenvalue weighted by Gasteiger charge is 2.27. The van der Waals surface area contributed by atoms with Crippen LogP contribution < -0.4 is 5.32 Å². The summed E-state index contributed by atoms with van der Waals surface area (Å²) < 4.78 is 7.09. The number of carbonyl (C=O) groups excluding carboxylic acids is 2. The van der Waals surface area contributed by atoms with Gasteiger partial charge in [0, 0.05) is 53.2 Å². The molecule has 0 aliphatic carbocycles. The van der Waals surface area contributed by atoms with Gasteiger partial charge in [0.05, 0.1) is 23.5 Å². The molecule has 9 nitrogen and oxygen atoms in total. The van der Waals surface area contributed by atoms with Gasteiger partial charge in [-0.1, -0.05) is 49.7 Å². The summed E-state index contributed by atoms with van der Waals surface area (Å²) in [6.07, 6.45) is 6.77. The van der Waals surface area contributed by atoms with Crippen molar-refractivity contribution in [3.05, 3.63) is 77.0 Å². The van der Waals surface area contributed by atoms with Crippen molar-refractivity contribution in [1.82, 2.24) is 24.8 Å². The summed E-state index contributed by atoms with van der Waals surface area (Å²) in [5.41, 5.74) is 3.62. The topological polar surface area (TPSA) is 109 Å². The van der Waals surface area contributed by atoms with Crippen LogP contribution in [-0.2, 0) is 5.41 Å². The van der Waals surface area contributed by atoms with E-state index in [-0.39, 0.29) is 23.1 Å². The number of H-pyrrole nitrogens is 1. The number of nitrogens with one attached hydrogen (secondary N) is 2. The van der Waals surface area contributed by atoms with Crippen LogP contribution in [0.15, 0.2) is 59.5 Å². The van der Waals surface area contributed by atoms with Crippen molar-refractivity contribution < 1.29 is 14.1 Å². The van der Waals surface area contributed by atoms with E-state index in [9.17, 15) is 9.59 Å². The molecule has 37 heavy (non-hydrogen) atoms. The molecule has 3 aromatic heterocycles. The van der Waals surface area contributed by atoms with Gasteiger partial charge in [-0.2, -0.15) is 5.10 Å². The molecule has 1 aromatic carbocycles. The van der Waals surface area contributed by atoms with Crippen LogP contribution in [0.25, 0.3) is 11.3 Å². The summed E-state index contributed by atoms with van der Waals surface area (Å²) in [7, 11) is 0. The van der Waals surface area contributed by atoms with Gasteiger partial charge in [0.25, 0.3) is 11.8 Å². The molecule has 0 unspecified atom stereocenters. The fourth-order valence-electron chi connectivity index (χ4n) is 4.40. The maximum absolute atomic E-state index is 13.0. The smallest absolute Gasteiger partial charge is 0.294 e. The van der Waals surface area contributed by atoms with E-state index in [0.29, 0.717) is 35.1 Å². The normalized spacial score (nSPS) is 14.6. The number of aromatic amines is 1. The Morgan fingerprint density at radius 1 is 1.14 bits per heavy atom. The van der Waals surface area contributed by atoms with E-state index in [4.69, 9.17) is 16.1 Å². The van der Waals surface area contributed by atoms with Crippen LogP contribution in [0, 0.1) is 0 Å². The SMILES string of the molecule is CC(C)(C)c1cc(C(=O)N2CCC(n3cc(NC(=O)c4cc(-c5ccc(Cl)cc5)no4)cn3)CC2)c[nH]1. The Kier molecular flexibility index (Phi) is 6.64. The summed E-state index contributed by atoms with van der Waals surface area (Å²) in [6, 6.07) is 10.8. The fraction of sp³-hybridized carbons (Fsp3) is 0.333. The van der Waals surface area contributed by atoms with Crippen molar-refractivity contribution >= 4 is 29.1 Å². The van der Waals surface area contributed by atoms with Crippen LogP contribution >= 0.6 is 11.6 Å². The van der Waals surface area contributed by atoms with Gasteiger partial charge in [-0.3, -0.25) is 14.3 Å². The number of halogens is 1. The maximum atomic E-state index is 13.0. The lowest BCUT2D eigenvalue weighted by atomic mass is 9.92. The van der Waals surface area contributed by atoms with Gasteiger partial charge >= 0.3 is 0 Å². The van der Waals surface area contributed by atoms with E-state index in [0.717, 1.165) is 24.1 Å². The molecule has 10 heteroatoms. The maximum Gasteiger partial charge on any atom is 0.294 e. The summed E-state index contributed by atoms with van der Waals surface area (Å²) >= 11 is 5.93. The predicted octanol–water partition coefficient (Wildman–Crippen LogP) is 5.55. The van der Waals surface area contributed by atoms with Gasteiger partial charge in [-0.05, 0) is 31.0 Å². The quantitative estimate of drug-likeness (QED) is 0.359. The van der Waals surface area contributed by atoms with Crippen molar-refractivity contribution in [1.29, 1.82) is 0 Å². The van der Waals surface area contributed by atoms with Crippen LogP contribution in [-0.4, -0.2) is 49.7 Å². The van der Waals surface area contributed by atoms with E-state index >= 15 is 0 Å². The number of likely N-dealkylation sites (tertiary alicyclic amines) is 1. The number of benzene rings is 1. The third-order valence-electron chi connectivity index (χ3n) is 6.60. The molecular formula is C27H29ClN6O3. The fourth-order valence-corrected chi connectivity index (χ4v) is 4.53. The van der Waals surface area contributed by atoms with Crippen molar-refractivity contribution in [2.45, 2.75) is 45.1 Å². The first-order valence-corrected chi connectivity index (χ1v) is 12.6.